The fourth-order valence-electron chi connectivity index (χ4n) is 1.36. The summed E-state index contributed by atoms with van der Waals surface area (Å²) in [7, 11) is 0. The maximum absolute atomic E-state index is 12.0. The molecule has 0 atom stereocenters. The molecule has 0 bridgehead atoms. The molecule has 0 saturated heterocycles. The summed E-state index contributed by atoms with van der Waals surface area (Å²) >= 11 is 0. The van der Waals surface area contributed by atoms with Gasteiger partial charge in [-0.1, -0.05) is 0 Å². The number of nitrogen functional groups attached to an aromatic ring is 1. The van der Waals surface area contributed by atoms with Gasteiger partial charge in [0.15, 0.2) is 17.3 Å². The van der Waals surface area contributed by atoms with Crippen LogP contribution in [0.25, 0.3) is 0 Å². The highest BCUT2D eigenvalue weighted by molar-refractivity contribution is 5.94. The number of nitrogens with zero attached hydrogens (tertiary/aromatic N) is 2. The zero-order valence-electron chi connectivity index (χ0n) is 13.6. The number of nitrogens with two attached hydrogens (primary N) is 1. The third-order valence-corrected chi connectivity index (χ3v) is 2.08. The first-order chi connectivity index (χ1) is 9.80. The van der Waals surface area contributed by atoms with Gasteiger partial charge in [0.1, 0.15) is 11.2 Å². The lowest BCUT2D eigenvalue weighted by molar-refractivity contribution is 0.00508. The van der Waals surface area contributed by atoms with Crippen LogP contribution in [0.3, 0.4) is 0 Å². The molecule has 0 aliphatic carbocycles. The van der Waals surface area contributed by atoms with E-state index in [0.717, 1.165) is 0 Å². The van der Waals surface area contributed by atoms with Crippen LogP contribution in [-0.4, -0.2) is 38.2 Å². The molecule has 122 valence electrons. The van der Waals surface area contributed by atoms with Crippen LogP contribution in [0.15, 0.2) is 0 Å². The molecule has 0 aromatic carbocycles. The Hall–Kier alpha value is -2.38. The van der Waals surface area contributed by atoms with Gasteiger partial charge >= 0.3 is 11.9 Å². The van der Waals surface area contributed by atoms with Crippen LogP contribution in [0.4, 0.5) is 5.82 Å². The number of hydrogen-bond donors (Lipinski definition) is 2. The first kappa shape index (κ1) is 17.7. The Morgan fingerprint density at radius 1 is 0.955 bits per heavy atom. The summed E-state index contributed by atoms with van der Waals surface area (Å²) in [5.74, 6) is -3.24. The van der Waals surface area contributed by atoms with Crippen LogP contribution in [0.1, 0.15) is 62.6 Å². The summed E-state index contributed by atoms with van der Waals surface area (Å²) in [6.07, 6.45) is 0. The Bertz CT molecular complexity index is 600. The minimum atomic E-state index is -0.913. The third kappa shape index (κ3) is 4.87. The van der Waals surface area contributed by atoms with Crippen molar-refractivity contribution < 1.29 is 24.2 Å². The minimum Gasteiger partial charge on any atom is -0.503 e. The van der Waals surface area contributed by atoms with Crippen molar-refractivity contribution in [3.05, 3.63) is 11.5 Å². The number of ether oxygens (including phenoxy) is 2. The first-order valence-electron chi connectivity index (χ1n) is 6.63. The number of aromatic nitrogens is 2. The van der Waals surface area contributed by atoms with Gasteiger partial charge < -0.3 is 20.3 Å². The number of anilines is 1. The number of esters is 2. The number of hydrogen-bond acceptors (Lipinski definition) is 8. The lowest BCUT2D eigenvalue weighted by atomic mass is 10.2. The number of aromatic hydroxyl groups is 1. The molecule has 1 rings (SSSR count). The summed E-state index contributed by atoms with van der Waals surface area (Å²) < 4.78 is 10.2. The normalized spacial score (nSPS) is 11.9. The zero-order valence-corrected chi connectivity index (χ0v) is 13.6. The Balaban J connectivity index is 3.20. The smallest absolute Gasteiger partial charge is 0.376 e. The quantitative estimate of drug-likeness (QED) is 0.790. The molecular weight excluding hydrogens is 290 g/mol. The average molecular weight is 311 g/mol. The van der Waals surface area contributed by atoms with Crippen LogP contribution >= 0.6 is 0 Å². The van der Waals surface area contributed by atoms with E-state index in [0.29, 0.717) is 0 Å². The minimum absolute atomic E-state index is 0.406. The molecule has 0 aliphatic rings. The molecule has 3 N–H and O–H groups in total. The molecule has 22 heavy (non-hydrogen) atoms. The van der Waals surface area contributed by atoms with Crippen molar-refractivity contribution in [1.82, 2.24) is 9.97 Å². The summed E-state index contributed by atoms with van der Waals surface area (Å²) in [4.78, 5) is 31.3. The molecule has 0 aliphatic heterocycles. The van der Waals surface area contributed by atoms with E-state index in [1.807, 2.05) is 0 Å². The second kappa shape index (κ2) is 5.78. The summed E-state index contributed by atoms with van der Waals surface area (Å²) in [6, 6.07) is 0. The third-order valence-electron chi connectivity index (χ3n) is 2.08. The SMILES string of the molecule is CC(C)(C)OC(=O)c1nc(N)c(O)c(C(=O)OC(C)(C)C)n1. The molecule has 0 unspecified atom stereocenters. The molecule has 1 aromatic rings. The fraction of sp³-hybridized carbons (Fsp3) is 0.571. The van der Waals surface area contributed by atoms with Crippen LogP contribution in [-0.2, 0) is 9.47 Å². The lowest BCUT2D eigenvalue weighted by Crippen LogP contribution is -2.27. The molecule has 0 radical (unpaired) electrons. The zero-order chi connectivity index (χ0) is 17.3. The Labute approximate surface area is 128 Å². The van der Waals surface area contributed by atoms with E-state index in [4.69, 9.17) is 15.2 Å². The van der Waals surface area contributed by atoms with Gasteiger partial charge in [0.05, 0.1) is 0 Å². The van der Waals surface area contributed by atoms with E-state index in [1.54, 1.807) is 41.5 Å². The number of rotatable bonds is 2. The Morgan fingerprint density at radius 3 is 1.86 bits per heavy atom. The Kier molecular flexibility index (Phi) is 4.64. The van der Waals surface area contributed by atoms with Gasteiger partial charge in [0.25, 0.3) is 0 Å². The molecule has 0 spiro atoms. The van der Waals surface area contributed by atoms with Gasteiger partial charge in [0.2, 0.25) is 5.82 Å². The van der Waals surface area contributed by atoms with E-state index in [2.05, 4.69) is 9.97 Å². The second-order valence-electron chi connectivity index (χ2n) is 6.63. The van der Waals surface area contributed by atoms with E-state index < -0.39 is 46.2 Å². The van der Waals surface area contributed by atoms with Crippen molar-refractivity contribution >= 4 is 17.8 Å². The van der Waals surface area contributed by atoms with Crippen LogP contribution in [0.2, 0.25) is 0 Å². The summed E-state index contributed by atoms with van der Waals surface area (Å²) in [6.45, 7) is 9.97. The van der Waals surface area contributed by atoms with Gasteiger partial charge in [0, 0.05) is 0 Å². The van der Waals surface area contributed by atoms with Crippen LogP contribution < -0.4 is 5.73 Å². The standard InChI is InChI=1S/C14H21N3O5/c1-13(2,3)21-11(19)7-8(18)9(15)17-10(16-7)12(20)22-14(4,5)6/h18H,1-6H3,(H2,15,16,17). The number of carbonyl (C=O) groups excluding carboxylic acids is 2. The molecule has 1 aromatic heterocycles. The topological polar surface area (TPSA) is 125 Å². The monoisotopic (exact) mass is 311 g/mol. The van der Waals surface area contributed by atoms with Crippen molar-refractivity contribution in [3.63, 3.8) is 0 Å². The fourth-order valence-corrected chi connectivity index (χ4v) is 1.36. The average Bonchev–Trinajstić information content (AvgIpc) is 2.27. The summed E-state index contributed by atoms with van der Waals surface area (Å²) in [5.41, 5.74) is 3.46. The lowest BCUT2D eigenvalue weighted by Gasteiger charge is -2.20. The molecule has 0 amide bonds. The van der Waals surface area contributed by atoms with Gasteiger partial charge in [-0.05, 0) is 41.5 Å². The van der Waals surface area contributed by atoms with Crippen LogP contribution in [0, 0.1) is 0 Å². The van der Waals surface area contributed by atoms with E-state index in [-0.39, 0.29) is 0 Å². The predicted octanol–water partition coefficient (Wildman–Crippen LogP) is 1.67. The largest absolute Gasteiger partial charge is 0.503 e. The van der Waals surface area contributed by atoms with Gasteiger partial charge in [-0.25, -0.2) is 19.6 Å². The highest BCUT2D eigenvalue weighted by Crippen LogP contribution is 2.24. The maximum Gasteiger partial charge on any atom is 0.376 e. The van der Waals surface area contributed by atoms with Crippen LogP contribution in [0.5, 0.6) is 5.75 Å². The molecule has 0 fully saturated rings. The van der Waals surface area contributed by atoms with Crippen molar-refractivity contribution in [3.8, 4) is 5.75 Å². The Morgan fingerprint density at radius 2 is 1.41 bits per heavy atom. The van der Waals surface area contributed by atoms with Gasteiger partial charge in [-0.2, -0.15) is 0 Å². The van der Waals surface area contributed by atoms with Gasteiger partial charge in [-0.15, -0.1) is 0 Å². The predicted molar refractivity (Wildman–Crippen MR) is 78.4 cm³/mol. The molecule has 1 heterocycles. The summed E-state index contributed by atoms with van der Waals surface area (Å²) in [5, 5.41) is 9.80. The molecular formula is C14H21N3O5. The first-order valence-corrected chi connectivity index (χ1v) is 6.63. The second-order valence-corrected chi connectivity index (χ2v) is 6.63. The van der Waals surface area contributed by atoms with E-state index in [9.17, 15) is 14.7 Å². The molecule has 0 saturated carbocycles. The van der Waals surface area contributed by atoms with E-state index in [1.165, 1.54) is 0 Å². The van der Waals surface area contributed by atoms with Gasteiger partial charge in [-0.3, -0.25) is 0 Å². The highest BCUT2D eigenvalue weighted by Gasteiger charge is 2.28. The number of carbonyl (C=O) groups is 2. The molecule has 8 heteroatoms. The van der Waals surface area contributed by atoms with Crippen molar-refractivity contribution in [2.24, 2.45) is 0 Å². The van der Waals surface area contributed by atoms with E-state index >= 15 is 0 Å². The highest BCUT2D eigenvalue weighted by atomic mass is 16.6. The van der Waals surface area contributed by atoms with Crippen molar-refractivity contribution in [2.45, 2.75) is 52.7 Å². The maximum atomic E-state index is 12.0. The molecule has 8 nitrogen and oxygen atoms in total. The van der Waals surface area contributed by atoms with Crippen molar-refractivity contribution in [1.29, 1.82) is 0 Å². The van der Waals surface area contributed by atoms with Crippen molar-refractivity contribution in [2.75, 3.05) is 5.73 Å².